The highest BCUT2D eigenvalue weighted by atomic mass is 16.8. The summed E-state index contributed by atoms with van der Waals surface area (Å²) < 4.78 is 4.56. The van der Waals surface area contributed by atoms with E-state index in [0.29, 0.717) is 24.1 Å². The third-order valence-electron chi connectivity index (χ3n) is 2.14. The first-order chi connectivity index (χ1) is 8.19. The minimum absolute atomic E-state index is 0.0273. The van der Waals surface area contributed by atoms with Crippen molar-refractivity contribution in [3.8, 4) is 0 Å². The average Bonchev–Trinajstić information content (AvgIpc) is 2.36. The number of carbonyl (C=O) groups excluding carboxylic acids is 2. The van der Waals surface area contributed by atoms with Crippen LogP contribution in [0.15, 0.2) is 29.0 Å². The van der Waals surface area contributed by atoms with E-state index in [4.69, 9.17) is 0 Å². The first-order valence-electron chi connectivity index (χ1n) is 5.50. The Labute approximate surface area is 99.8 Å². The molecule has 0 saturated carbocycles. The molecule has 0 aliphatic heterocycles. The first-order valence-corrected chi connectivity index (χ1v) is 5.50. The molecular formula is C12H15NO4. The van der Waals surface area contributed by atoms with Crippen LogP contribution in [-0.2, 0) is 14.4 Å². The number of carbonyl (C=O) groups is 2. The number of ketones is 1. The van der Waals surface area contributed by atoms with E-state index in [2.05, 4.69) is 14.7 Å². The largest absolute Gasteiger partial charge is 0.535 e. The van der Waals surface area contributed by atoms with Crippen LogP contribution in [0.1, 0.15) is 26.7 Å². The topological polar surface area (TPSA) is 65.0 Å². The highest BCUT2D eigenvalue weighted by Crippen LogP contribution is 2.13. The maximum absolute atomic E-state index is 11.6. The molecule has 0 saturated heterocycles. The van der Waals surface area contributed by atoms with Gasteiger partial charge in [0.15, 0.2) is 5.78 Å². The Balaban J connectivity index is 2.72. The van der Waals surface area contributed by atoms with Crippen LogP contribution >= 0.6 is 0 Å². The van der Waals surface area contributed by atoms with E-state index in [1.54, 1.807) is 26.0 Å². The standard InChI is InChI=1S/C12H15NO4/c1-3-11(14)9-7-5-6-8-10(9)13-17-12(15)16-4-2/h5-7H,3-4,8H2,1-2H3. The molecule has 0 bridgehead atoms. The second-order valence-electron chi connectivity index (χ2n) is 3.30. The van der Waals surface area contributed by atoms with E-state index >= 15 is 0 Å². The predicted molar refractivity (Wildman–Crippen MR) is 62.7 cm³/mol. The number of hydrogen-bond donors (Lipinski definition) is 0. The Morgan fingerprint density at radius 1 is 1.41 bits per heavy atom. The molecule has 0 fully saturated rings. The predicted octanol–water partition coefficient (Wildman–Crippen LogP) is 2.38. The molecular weight excluding hydrogens is 222 g/mol. The number of hydrogen-bond acceptors (Lipinski definition) is 5. The molecule has 0 aromatic rings. The summed E-state index contributed by atoms with van der Waals surface area (Å²) in [6.07, 6.45) is 5.28. The monoisotopic (exact) mass is 237 g/mol. The molecule has 0 heterocycles. The van der Waals surface area contributed by atoms with E-state index in [1.165, 1.54) is 0 Å². The second kappa shape index (κ2) is 6.62. The molecule has 0 unspecified atom stereocenters. The quantitative estimate of drug-likeness (QED) is 0.428. The highest BCUT2D eigenvalue weighted by molar-refractivity contribution is 6.23. The van der Waals surface area contributed by atoms with Crippen LogP contribution in [-0.4, -0.2) is 24.3 Å². The fourth-order valence-electron chi connectivity index (χ4n) is 1.32. The molecule has 0 amide bonds. The summed E-state index contributed by atoms with van der Waals surface area (Å²) in [5.41, 5.74) is 0.937. The zero-order valence-electron chi connectivity index (χ0n) is 9.93. The van der Waals surface area contributed by atoms with Gasteiger partial charge in [-0.05, 0) is 13.0 Å². The van der Waals surface area contributed by atoms with Crippen molar-refractivity contribution < 1.29 is 19.2 Å². The molecule has 0 atom stereocenters. The molecule has 1 aliphatic carbocycles. The number of oxime groups is 1. The van der Waals surface area contributed by atoms with Gasteiger partial charge >= 0.3 is 6.16 Å². The third kappa shape index (κ3) is 3.86. The van der Waals surface area contributed by atoms with E-state index in [0.717, 1.165) is 0 Å². The number of nitrogens with zero attached hydrogens (tertiary/aromatic N) is 1. The summed E-state index contributed by atoms with van der Waals surface area (Å²) >= 11 is 0. The minimum atomic E-state index is -0.863. The highest BCUT2D eigenvalue weighted by Gasteiger charge is 2.16. The van der Waals surface area contributed by atoms with Gasteiger partial charge in [0.2, 0.25) is 0 Å². The number of ether oxygens (including phenoxy) is 1. The molecule has 92 valence electrons. The van der Waals surface area contributed by atoms with Gasteiger partial charge in [-0.2, -0.15) is 0 Å². The molecule has 5 heteroatoms. The average molecular weight is 237 g/mol. The van der Waals surface area contributed by atoms with E-state index in [-0.39, 0.29) is 12.4 Å². The van der Waals surface area contributed by atoms with Crippen molar-refractivity contribution in [3.63, 3.8) is 0 Å². The fraction of sp³-hybridized carbons (Fsp3) is 0.417. The molecule has 0 aromatic carbocycles. The van der Waals surface area contributed by atoms with Gasteiger partial charge in [-0.3, -0.25) is 9.63 Å². The van der Waals surface area contributed by atoms with Crippen molar-refractivity contribution in [2.45, 2.75) is 26.7 Å². The second-order valence-corrected chi connectivity index (χ2v) is 3.30. The van der Waals surface area contributed by atoms with Gasteiger partial charge in [0.05, 0.1) is 12.3 Å². The molecule has 17 heavy (non-hydrogen) atoms. The molecule has 1 rings (SSSR count). The van der Waals surface area contributed by atoms with Crippen LogP contribution in [0.4, 0.5) is 4.79 Å². The Morgan fingerprint density at radius 3 is 2.82 bits per heavy atom. The lowest BCUT2D eigenvalue weighted by Crippen LogP contribution is -2.15. The summed E-state index contributed by atoms with van der Waals surface area (Å²) in [5.74, 6) is -0.0273. The SMILES string of the molecule is CCOC(=O)ON=C1CC=CC=C1C(=O)CC. The van der Waals surface area contributed by atoms with Gasteiger partial charge in [0, 0.05) is 18.4 Å². The van der Waals surface area contributed by atoms with E-state index in [9.17, 15) is 9.59 Å². The van der Waals surface area contributed by atoms with Crippen LogP contribution in [0.3, 0.4) is 0 Å². The molecule has 5 nitrogen and oxygen atoms in total. The molecule has 1 aliphatic rings. The van der Waals surface area contributed by atoms with Gasteiger partial charge in [0.1, 0.15) is 0 Å². The van der Waals surface area contributed by atoms with Crippen molar-refractivity contribution in [2.75, 3.05) is 6.61 Å². The van der Waals surface area contributed by atoms with Crippen molar-refractivity contribution >= 4 is 17.7 Å². The maximum Gasteiger partial charge on any atom is 0.535 e. The molecule has 0 radical (unpaired) electrons. The van der Waals surface area contributed by atoms with Crippen molar-refractivity contribution in [3.05, 3.63) is 23.8 Å². The molecule has 0 spiro atoms. The summed E-state index contributed by atoms with van der Waals surface area (Å²) in [6, 6.07) is 0. The maximum atomic E-state index is 11.6. The fourth-order valence-corrected chi connectivity index (χ4v) is 1.32. The van der Waals surface area contributed by atoms with Crippen molar-refractivity contribution in [1.82, 2.24) is 0 Å². The van der Waals surface area contributed by atoms with Gasteiger partial charge in [0.25, 0.3) is 0 Å². The molecule has 0 aromatic heterocycles. The van der Waals surface area contributed by atoms with Gasteiger partial charge in [-0.1, -0.05) is 24.2 Å². The number of rotatable bonds is 4. The summed E-state index contributed by atoms with van der Waals surface area (Å²) in [6.45, 7) is 3.66. The number of allylic oxidation sites excluding steroid dienone is 4. The normalized spacial score (nSPS) is 16.6. The third-order valence-corrected chi connectivity index (χ3v) is 2.14. The first kappa shape index (κ1) is 13.2. The lowest BCUT2D eigenvalue weighted by atomic mass is 9.98. The van der Waals surface area contributed by atoms with E-state index in [1.807, 2.05) is 6.08 Å². The van der Waals surface area contributed by atoms with Crippen LogP contribution in [0, 0.1) is 0 Å². The summed E-state index contributed by atoms with van der Waals surface area (Å²) in [7, 11) is 0. The lowest BCUT2D eigenvalue weighted by molar-refractivity contribution is -0.114. The van der Waals surface area contributed by atoms with E-state index < -0.39 is 6.16 Å². The van der Waals surface area contributed by atoms with Crippen LogP contribution < -0.4 is 0 Å². The lowest BCUT2D eigenvalue weighted by Gasteiger charge is -2.09. The Hall–Kier alpha value is -1.91. The Morgan fingerprint density at radius 2 is 2.18 bits per heavy atom. The summed E-state index contributed by atoms with van der Waals surface area (Å²) in [5, 5.41) is 3.65. The van der Waals surface area contributed by atoms with Gasteiger partial charge in [-0.15, -0.1) is 0 Å². The Kier molecular flexibility index (Phi) is 5.13. The van der Waals surface area contributed by atoms with Gasteiger partial charge < -0.3 is 4.74 Å². The van der Waals surface area contributed by atoms with Crippen LogP contribution in [0.2, 0.25) is 0 Å². The summed E-state index contributed by atoms with van der Waals surface area (Å²) in [4.78, 5) is 27.1. The van der Waals surface area contributed by atoms with Crippen LogP contribution in [0.25, 0.3) is 0 Å². The molecule has 0 N–H and O–H groups in total. The smallest absolute Gasteiger partial charge is 0.433 e. The Bertz CT molecular complexity index is 393. The zero-order valence-corrected chi connectivity index (χ0v) is 9.93. The van der Waals surface area contributed by atoms with Gasteiger partial charge in [-0.25, -0.2) is 4.79 Å². The van der Waals surface area contributed by atoms with Crippen molar-refractivity contribution in [1.29, 1.82) is 0 Å². The zero-order chi connectivity index (χ0) is 12.7. The minimum Gasteiger partial charge on any atom is -0.433 e. The van der Waals surface area contributed by atoms with Crippen LogP contribution in [0.5, 0.6) is 0 Å². The number of Topliss-reactive ketones (excluding diaryl/α,β-unsaturated/α-hetero) is 1. The van der Waals surface area contributed by atoms with Crippen molar-refractivity contribution in [2.24, 2.45) is 5.16 Å².